The van der Waals surface area contributed by atoms with E-state index in [1.54, 1.807) is 0 Å². The normalized spacial score (nSPS) is 11.6. The zero-order valence-corrected chi connectivity index (χ0v) is 14.2. The molecule has 0 atom stereocenters. The van der Waals surface area contributed by atoms with Crippen molar-refractivity contribution in [1.29, 1.82) is 0 Å². The van der Waals surface area contributed by atoms with Crippen molar-refractivity contribution < 1.29 is 38.0 Å². The zero-order valence-electron chi connectivity index (χ0n) is 13.5. The summed E-state index contributed by atoms with van der Waals surface area (Å²) in [6.07, 6.45) is 11.1. The molecule has 2 rings (SSSR count). The molecule has 0 aromatic carbocycles. The fourth-order valence-electron chi connectivity index (χ4n) is 2.17. The SMILES string of the molecule is Cc1ccc[n+](CCCC[n+]2cccc(C)c2)c1.[O-][Cl+](O)(O)O. The molecule has 0 saturated carbocycles. The summed E-state index contributed by atoms with van der Waals surface area (Å²) in [5.41, 5.74) is 2.65. The van der Waals surface area contributed by atoms with E-state index in [-0.39, 0.29) is 0 Å². The van der Waals surface area contributed by atoms with E-state index in [0.29, 0.717) is 0 Å². The van der Waals surface area contributed by atoms with Crippen molar-refractivity contribution in [2.45, 2.75) is 39.8 Å². The monoisotopic (exact) mass is 344 g/mol. The van der Waals surface area contributed by atoms with Crippen molar-refractivity contribution in [2.75, 3.05) is 0 Å². The molecule has 128 valence electrons. The molecule has 0 fully saturated rings. The van der Waals surface area contributed by atoms with Crippen LogP contribution in [-0.4, -0.2) is 14.0 Å². The maximum atomic E-state index is 8.83. The summed E-state index contributed by atoms with van der Waals surface area (Å²) in [6.45, 7) is 6.49. The van der Waals surface area contributed by atoms with Gasteiger partial charge < -0.3 is 0 Å². The van der Waals surface area contributed by atoms with Gasteiger partial charge in [-0.3, -0.25) is 0 Å². The molecule has 0 aliphatic rings. The van der Waals surface area contributed by atoms with Gasteiger partial charge in [0.05, 0.1) is 0 Å². The van der Waals surface area contributed by atoms with Crippen LogP contribution >= 0.6 is 0 Å². The molecule has 2 heterocycles. The van der Waals surface area contributed by atoms with E-state index in [4.69, 9.17) is 18.6 Å². The Morgan fingerprint density at radius 3 is 1.52 bits per heavy atom. The summed E-state index contributed by atoms with van der Waals surface area (Å²) in [4.78, 5) is 0. The summed E-state index contributed by atoms with van der Waals surface area (Å²) in [5.74, 6) is 0. The van der Waals surface area contributed by atoms with Gasteiger partial charge in [-0.2, -0.15) is 0 Å². The first-order chi connectivity index (χ1) is 10.7. The predicted molar refractivity (Wildman–Crippen MR) is 78.6 cm³/mol. The molecule has 0 aliphatic carbocycles. The molecule has 2 aromatic heterocycles. The topological polar surface area (TPSA) is 91.5 Å². The van der Waals surface area contributed by atoms with Crippen molar-refractivity contribution in [3.05, 3.63) is 60.2 Å². The zero-order chi connectivity index (χ0) is 17.3. The summed E-state index contributed by atoms with van der Waals surface area (Å²) >= 11 is 0. The number of halogens is 1. The third-order valence-electron chi connectivity index (χ3n) is 3.09. The molecule has 0 saturated heterocycles. The van der Waals surface area contributed by atoms with Gasteiger partial charge in [-0.1, -0.05) is 0 Å². The van der Waals surface area contributed by atoms with Crippen molar-refractivity contribution in [3.63, 3.8) is 0 Å². The molecule has 0 bridgehead atoms. The minimum absolute atomic E-state index is 1.11. The second kappa shape index (κ2) is 9.54. The Morgan fingerprint density at radius 2 is 1.22 bits per heavy atom. The predicted octanol–water partition coefficient (Wildman–Crippen LogP) is -0.501. The van der Waals surface area contributed by atoms with E-state index >= 15 is 0 Å². The molecule has 23 heavy (non-hydrogen) atoms. The molecular formula is C16H25ClN2O4+2. The standard InChI is InChI=1S/C16H22N2.ClH3O4/c1-15-7-5-11-17(13-15)9-3-4-10-18-12-6-8-16(2)14-18;2-1(3,4)5/h5-8,11-14H,3-4,9-10H2,1-2H3;2-4H/q+2;. The Labute approximate surface area is 138 Å². The molecule has 2 aromatic rings. The Bertz CT molecular complexity index is 549. The summed E-state index contributed by atoms with van der Waals surface area (Å²) in [5, 5.41) is 0. The number of pyridine rings is 2. The molecule has 3 N–H and O–H groups in total. The Kier molecular flexibility index (Phi) is 8.08. The summed E-state index contributed by atoms with van der Waals surface area (Å²) < 4.78 is 34.8. The van der Waals surface area contributed by atoms with Crippen LogP contribution in [0.1, 0.15) is 24.0 Å². The number of rotatable bonds is 5. The third kappa shape index (κ3) is 10.7. The van der Waals surface area contributed by atoms with Crippen LogP contribution in [0.15, 0.2) is 49.1 Å². The van der Waals surface area contributed by atoms with Crippen LogP contribution in [0.25, 0.3) is 0 Å². The maximum absolute atomic E-state index is 8.83. The molecule has 0 aliphatic heterocycles. The second-order valence-corrected chi connectivity index (χ2v) is 6.25. The number of aromatic nitrogens is 2. The average molecular weight is 345 g/mol. The fourth-order valence-corrected chi connectivity index (χ4v) is 2.17. The molecule has 7 heteroatoms. The van der Waals surface area contributed by atoms with Crippen molar-refractivity contribution in [1.82, 2.24) is 0 Å². The average Bonchev–Trinajstić information content (AvgIpc) is 2.42. The van der Waals surface area contributed by atoms with Crippen LogP contribution in [0, 0.1) is 24.1 Å². The van der Waals surface area contributed by atoms with E-state index in [0.717, 1.165) is 13.1 Å². The molecule has 0 spiro atoms. The second-order valence-electron chi connectivity index (χ2n) is 5.38. The van der Waals surface area contributed by atoms with Gasteiger partial charge in [-0.15, -0.1) is 0 Å². The number of hydrogen-bond donors (Lipinski definition) is 3. The fraction of sp³-hybridized carbons (Fsp3) is 0.375. The van der Waals surface area contributed by atoms with Crippen molar-refractivity contribution in [3.8, 4) is 0 Å². The van der Waals surface area contributed by atoms with Crippen LogP contribution in [-0.2, 0) is 13.1 Å². The number of unbranched alkanes of at least 4 members (excludes halogenated alkanes) is 1. The van der Waals surface area contributed by atoms with Crippen molar-refractivity contribution >= 4 is 0 Å². The number of nitrogens with zero attached hydrogens (tertiary/aromatic N) is 2. The van der Waals surface area contributed by atoms with E-state index < -0.39 is 10.2 Å². The molecule has 6 nitrogen and oxygen atoms in total. The Morgan fingerprint density at radius 1 is 0.870 bits per heavy atom. The number of hydrogen-bond acceptors (Lipinski definition) is 4. The van der Waals surface area contributed by atoms with E-state index in [1.165, 1.54) is 24.0 Å². The summed E-state index contributed by atoms with van der Waals surface area (Å²) in [6, 6.07) is 8.51. The minimum atomic E-state index is -4.19. The Balaban J connectivity index is 0.000000463. The van der Waals surface area contributed by atoms with Gasteiger partial charge in [0, 0.05) is 36.1 Å². The van der Waals surface area contributed by atoms with Crippen LogP contribution in [0.3, 0.4) is 0 Å². The number of aryl methyl sites for hydroxylation is 4. The quantitative estimate of drug-likeness (QED) is 0.503. The van der Waals surface area contributed by atoms with Gasteiger partial charge in [0.15, 0.2) is 24.8 Å². The van der Waals surface area contributed by atoms with Gasteiger partial charge in [-0.05, 0) is 26.0 Å². The van der Waals surface area contributed by atoms with Gasteiger partial charge in [-0.25, -0.2) is 9.13 Å². The first-order valence-corrected chi connectivity index (χ1v) is 8.64. The first-order valence-electron chi connectivity index (χ1n) is 7.31. The molecule has 0 amide bonds. The van der Waals surface area contributed by atoms with E-state index in [9.17, 15) is 0 Å². The van der Waals surface area contributed by atoms with Gasteiger partial charge in [0.2, 0.25) is 0 Å². The summed E-state index contributed by atoms with van der Waals surface area (Å²) in [7, 11) is -4.19. The van der Waals surface area contributed by atoms with Gasteiger partial charge in [0.1, 0.15) is 13.1 Å². The third-order valence-corrected chi connectivity index (χ3v) is 3.09. The van der Waals surface area contributed by atoms with Crippen LogP contribution in [0.4, 0.5) is 0 Å². The van der Waals surface area contributed by atoms with E-state index in [2.05, 4.69) is 72.0 Å². The molecule has 0 unspecified atom stereocenters. The Hall–Kier alpha value is -1.57. The van der Waals surface area contributed by atoms with Crippen LogP contribution in [0.2, 0.25) is 0 Å². The van der Waals surface area contributed by atoms with Crippen LogP contribution in [0.5, 0.6) is 0 Å². The van der Waals surface area contributed by atoms with Gasteiger partial charge in [0.25, 0.3) is 0 Å². The molecular weight excluding hydrogens is 320 g/mol. The van der Waals surface area contributed by atoms with Gasteiger partial charge >= 0.3 is 28.9 Å². The van der Waals surface area contributed by atoms with E-state index in [1.807, 2.05) is 0 Å². The van der Waals surface area contributed by atoms with Crippen molar-refractivity contribution in [2.24, 2.45) is 0 Å². The first kappa shape index (κ1) is 19.5. The van der Waals surface area contributed by atoms with Crippen LogP contribution < -0.4 is 13.8 Å². The molecule has 0 radical (unpaired) electrons.